The van der Waals surface area contributed by atoms with E-state index in [0.717, 1.165) is 12.1 Å². The Bertz CT molecular complexity index is 1030. The summed E-state index contributed by atoms with van der Waals surface area (Å²) in [4.78, 5) is 16.9. The molecule has 2 N–H and O–H groups in total. The molecule has 0 radical (unpaired) electrons. The smallest absolute Gasteiger partial charge is 0.435 e. The SMILES string of the molecule is Cc1ccc(C2=NOC(c3cc(Cl)cc(Cl)c3)(C(F)(F)F)C2)cc1NC(=O)OCCCO. The minimum absolute atomic E-state index is 0.0257. The molecule has 0 aromatic heterocycles. The first kappa shape index (κ1) is 24.2. The van der Waals surface area contributed by atoms with Crippen molar-refractivity contribution in [3.05, 3.63) is 63.1 Å². The molecule has 11 heteroatoms. The maximum atomic E-state index is 14.1. The van der Waals surface area contributed by atoms with Gasteiger partial charge in [-0.15, -0.1) is 0 Å². The number of rotatable bonds is 6. The number of aryl methyl sites for hydroxylation is 1. The fraction of sp³-hybridized carbons (Fsp3) is 0.333. The van der Waals surface area contributed by atoms with Gasteiger partial charge < -0.3 is 14.7 Å². The maximum absolute atomic E-state index is 14.1. The summed E-state index contributed by atoms with van der Waals surface area (Å²) in [5.41, 5.74) is -1.64. The zero-order valence-electron chi connectivity index (χ0n) is 16.8. The van der Waals surface area contributed by atoms with Gasteiger partial charge in [-0.1, -0.05) is 40.5 Å². The average Bonchev–Trinajstić information content (AvgIpc) is 3.16. The van der Waals surface area contributed by atoms with Gasteiger partial charge in [-0.2, -0.15) is 13.2 Å². The number of ether oxygens (including phenoxy) is 1. The zero-order valence-corrected chi connectivity index (χ0v) is 18.3. The molecular formula is C21H19Cl2F3N2O4. The van der Waals surface area contributed by atoms with E-state index in [4.69, 9.17) is 37.9 Å². The number of anilines is 1. The number of carbonyl (C=O) groups excluding carboxylic acids is 1. The van der Waals surface area contributed by atoms with Crippen LogP contribution in [0, 0.1) is 6.92 Å². The second kappa shape index (κ2) is 9.56. The first-order chi connectivity index (χ1) is 15.1. The predicted molar refractivity (Wildman–Crippen MR) is 114 cm³/mol. The predicted octanol–water partition coefficient (Wildman–Crippen LogP) is 5.81. The van der Waals surface area contributed by atoms with Gasteiger partial charge in [-0.05, 0) is 36.8 Å². The Morgan fingerprint density at radius 2 is 1.94 bits per heavy atom. The van der Waals surface area contributed by atoms with Crippen molar-refractivity contribution in [2.45, 2.75) is 31.5 Å². The summed E-state index contributed by atoms with van der Waals surface area (Å²) < 4.78 is 47.3. The monoisotopic (exact) mass is 490 g/mol. The van der Waals surface area contributed by atoms with Crippen molar-refractivity contribution >= 4 is 40.7 Å². The molecule has 1 amide bonds. The third-order valence-corrected chi connectivity index (χ3v) is 5.29. The highest BCUT2D eigenvalue weighted by Crippen LogP contribution is 2.49. The number of hydrogen-bond acceptors (Lipinski definition) is 5. The van der Waals surface area contributed by atoms with Crippen LogP contribution in [0.3, 0.4) is 0 Å². The van der Waals surface area contributed by atoms with Crippen LogP contribution in [-0.2, 0) is 15.2 Å². The van der Waals surface area contributed by atoms with Gasteiger partial charge in [0, 0.05) is 46.3 Å². The van der Waals surface area contributed by atoms with E-state index in [0.29, 0.717) is 16.8 Å². The number of hydrogen-bond donors (Lipinski definition) is 2. The molecule has 1 aliphatic rings. The Morgan fingerprint density at radius 1 is 1.25 bits per heavy atom. The number of halogens is 5. The number of aliphatic hydroxyl groups excluding tert-OH is 1. The molecule has 2 aromatic carbocycles. The molecule has 1 aliphatic heterocycles. The van der Waals surface area contributed by atoms with Crippen LogP contribution in [-0.4, -0.2) is 36.3 Å². The summed E-state index contributed by atoms with van der Waals surface area (Å²) in [5.74, 6) is 0. The fourth-order valence-corrected chi connectivity index (χ4v) is 3.68. The van der Waals surface area contributed by atoms with Crippen LogP contribution >= 0.6 is 23.2 Å². The average molecular weight is 491 g/mol. The number of oxime groups is 1. The number of amides is 1. The highest BCUT2D eigenvalue weighted by molar-refractivity contribution is 6.34. The van der Waals surface area contributed by atoms with Crippen LogP contribution in [0.4, 0.5) is 23.7 Å². The third kappa shape index (κ3) is 5.11. The van der Waals surface area contributed by atoms with Crippen molar-refractivity contribution in [3.63, 3.8) is 0 Å². The van der Waals surface area contributed by atoms with Crippen molar-refractivity contribution < 1.29 is 32.6 Å². The zero-order chi connectivity index (χ0) is 23.5. The lowest BCUT2D eigenvalue weighted by molar-refractivity contribution is -0.275. The van der Waals surface area contributed by atoms with E-state index in [1.807, 2.05) is 0 Å². The summed E-state index contributed by atoms with van der Waals surface area (Å²) in [7, 11) is 0. The minimum atomic E-state index is -4.81. The van der Waals surface area contributed by atoms with E-state index in [2.05, 4.69) is 10.5 Å². The Labute approximate surface area is 191 Å². The van der Waals surface area contributed by atoms with E-state index < -0.39 is 24.3 Å². The largest absolute Gasteiger partial charge is 0.449 e. The first-order valence-electron chi connectivity index (χ1n) is 9.50. The van der Waals surface area contributed by atoms with Gasteiger partial charge in [0.1, 0.15) is 0 Å². The molecule has 1 atom stereocenters. The van der Waals surface area contributed by atoms with E-state index in [1.165, 1.54) is 12.1 Å². The standard InChI is InChI=1S/C21H19Cl2F3N2O4/c1-12-3-4-13(7-17(12)27-19(30)31-6-2-5-29)18-11-20(32-28-18,21(24,25)26)14-8-15(22)10-16(23)9-14/h3-4,7-10,29H,2,5-6,11H2,1H3,(H,27,30). The lowest BCUT2D eigenvalue weighted by Gasteiger charge is -2.29. The summed E-state index contributed by atoms with van der Waals surface area (Å²) in [6, 6.07) is 8.31. The Morgan fingerprint density at radius 3 is 2.56 bits per heavy atom. The quantitative estimate of drug-likeness (QED) is 0.500. The number of carbonyl (C=O) groups is 1. The molecule has 0 saturated carbocycles. The van der Waals surface area contributed by atoms with Gasteiger partial charge in [0.05, 0.1) is 12.3 Å². The molecule has 172 valence electrons. The fourth-order valence-electron chi connectivity index (χ4n) is 3.16. The van der Waals surface area contributed by atoms with Gasteiger partial charge in [-0.3, -0.25) is 5.32 Å². The lowest BCUT2D eigenvalue weighted by atomic mass is 9.86. The van der Waals surface area contributed by atoms with Crippen molar-refractivity contribution in [1.29, 1.82) is 0 Å². The second-order valence-electron chi connectivity index (χ2n) is 7.16. The number of benzene rings is 2. The normalized spacial score (nSPS) is 18.2. The summed E-state index contributed by atoms with van der Waals surface area (Å²) >= 11 is 11.8. The maximum Gasteiger partial charge on any atom is 0.435 e. The Balaban J connectivity index is 1.87. The number of alkyl halides is 3. The van der Waals surface area contributed by atoms with E-state index in [9.17, 15) is 18.0 Å². The Hall–Kier alpha value is -2.49. The topological polar surface area (TPSA) is 80.2 Å². The van der Waals surface area contributed by atoms with Crippen LogP contribution in [0.25, 0.3) is 0 Å². The van der Waals surface area contributed by atoms with E-state index in [1.54, 1.807) is 19.1 Å². The highest BCUT2D eigenvalue weighted by Gasteiger charge is 2.62. The Kier molecular flexibility index (Phi) is 7.22. The van der Waals surface area contributed by atoms with Crippen molar-refractivity contribution in [3.8, 4) is 0 Å². The van der Waals surface area contributed by atoms with E-state index >= 15 is 0 Å². The highest BCUT2D eigenvalue weighted by atomic mass is 35.5. The van der Waals surface area contributed by atoms with Crippen LogP contribution in [0.5, 0.6) is 0 Å². The molecule has 3 rings (SSSR count). The molecule has 1 unspecified atom stereocenters. The van der Waals surface area contributed by atoms with E-state index in [-0.39, 0.29) is 41.0 Å². The van der Waals surface area contributed by atoms with Crippen molar-refractivity contribution in [1.82, 2.24) is 0 Å². The second-order valence-corrected chi connectivity index (χ2v) is 8.03. The molecule has 0 aliphatic carbocycles. The molecule has 2 aromatic rings. The van der Waals surface area contributed by atoms with Gasteiger partial charge >= 0.3 is 12.3 Å². The minimum Gasteiger partial charge on any atom is -0.449 e. The lowest BCUT2D eigenvalue weighted by Crippen LogP contribution is -2.42. The molecule has 6 nitrogen and oxygen atoms in total. The first-order valence-corrected chi connectivity index (χ1v) is 10.3. The van der Waals surface area contributed by atoms with Crippen molar-refractivity contribution in [2.75, 3.05) is 18.5 Å². The molecule has 1 heterocycles. The van der Waals surface area contributed by atoms with Gasteiger partial charge in [0.25, 0.3) is 5.60 Å². The molecule has 32 heavy (non-hydrogen) atoms. The summed E-state index contributed by atoms with van der Waals surface area (Å²) in [6.07, 6.45) is -5.89. The van der Waals surface area contributed by atoms with Gasteiger partial charge in [0.2, 0.25) is 0 Å². The van der Waals surface area contributed by atoms with Gasteiger partial charge in [0.15, 0.2) is 0 Å². The molecule has 0 saturated heterocycles. The molecular weight excluding hydrogens is 472 g/mol. The van der Waals surface area contributed by atoms with Crippen LogP contribution in [0.2, 0.25) is 10.0 Å². The number of aliphatic hydroxyl groups is 1. The van der Waals surface area contributed by atoms with Crippen LogP contribution in [0.15, 0.2) is 41.6 Å². The number of nitrogens with zero attached hydrogens (tertiary/aromatic N) is 1. The van der Waals surface area contributed by atoms with Crippen LogP contribution < -0.4 is 5.32 Å². The molecule has 0 fully saturated rings. The summed E-state index contributed by atoms with van der Waals surface area (Å²) in [5, 5.41) is 15.1. The third-order valence-electron chi connectivity index (χ3n) is 4.86. The van der Waals surface area contributed by atoms with Gasteiger partial charge in [-0.25, -0.2) is 4.79 Å². The molecule has 0 spiro atoms. The van der Waals surface area contributed by atoms with Crippen molar-refractivity contribution in [2.24, 2.45) is 5.16 Å². The molecule has 0 bridgehead atoms. The number of nitrogens with one attached hydrogen (secondary N) is 1. The van der Waals surface area contributed by atoms with Crippen LogP contribution in [0.1, 0.15) is 29.5 Å². The summed E-state index contributed by atoms with van der Waals surface area (Å²) in [6.45, 7) is 1.62.